The molecule has 0 aromatic rings. The van der Waals surface area contributed by atoms with Crippen molar-refractivity contribution in [2.24, 2.45) is 5.92 Å². The van der Waals surface area contributed by atoms with Crippen molar-refractivity contribution in [3.8, 4) is 0 Å². The van der Waals surface area contributed by atoms with E-state index in [9.17, 15) is 9.59 Å². The molecule has 0 aromatic heterocycles. The van der Waals surface area contributed by atoms with Crippen LogP contribution in [0.5, 0.6) is 0 Å². The topological polar surface area (TPSA) is 55.4 Å². The van der Waals surface area contributed by atoms with Crippen LogP contribution < -0.4 is 5.32 Å². The average Bonchev–Trinajstić information content (AvgIpc) is 2.88. The van der Waals surface area contributed by atoms with Crippen molar-refractivity contribution in [3.63, 3.8) is 0 Å². The first kappa shape index (κ1) is 19.6. The van der Waals surface area contributed by atoms with Gasteiger partial charge in [-0.25, -0.2) is 4.79 Å². The summed E-state index contributed by atoms with van der Waals surface area (Å²) in [6.45, 7) is 13.4. The van der Waals surface area contributed by atoms with Crippen molar-refractivity contribution in [1.29, 1.82) is 0 Å². The molecule has 0 bridgehead atoms. The third-order valence-corrected chi connectivity index (χ3v) is 4.67. The summed E-state index contributed by atoms with van der Waals surface area (Å²) in [6, 6.07) is 0. The molecule has 0 aliphatic heterocycles. The lowest BCUT2D eigenvalue weighted by Gasteiger charge is -2.20. The van der Waals surface area contributed by atoms with Gasteiger partial charge in [0.25, 0.3) is 0 Å². The predicted molar refractivity (Wildman–Crippen MR) is 96.4 cm³/mol. The molecule has 2 atom stereocenters. The molecular weight excluding hydrogens is 310 g/mol. The molecule has 1 amide bonds. The van der Waals surface area contributed by atoms with Crippen LogP contribution in [0.4, 0.5) is 4.79 Å². The highest BCUT2D eigenvalue weighted by Gasteiger charge is 2.28. The molecular formula is C18H27NO3S. The number of carbonyl (C=O) groups is 2. The Morgan fingerprint density at radius 1 is 1.30 bits per heavy atom. The third-order valence-electron chi connectivity index (χ3n) is 3.45. The Bertz CT molecular complexity index is 491. The summed E-state index contributed by atoms with van der Waals surface area (Å²) in [5.41, 5.74) is 0.101. The van der Waals surface area contributed by atoms with Crippen molar-refractivity contribution in [1.82, 2.24) is 5.32 Å². The van der Waals surface area contributed by atoms with Crippen LogP contribution in [0, 0.1) is 5.92 Å². The van der Waals surface area contributed by atoms with Crippen molar-refractivity contribution in [2.75, 3.05) is 6.54 Å². The molecule has 1 fully saturated rings. The molecule has 4 nitrogen and oxygen atoms in total. The van der Waals surface area contributed by atoms with Gasteiger partial charge >= 0.3 is 6.09 Å². The van der Waals surface area contributed by atoms with Gasteiger partial charge in [-0.05, 0) is 46.0 Å². The molecule has 1 saturated carbocycles. The van der Waals surface area contributed by atoms with Crippen molar-refractivity contribution < 1.29 is 14.3 Å². The summed E-state index contributed by atoms with van der Waals surface area (Å²) in [4.78, 5) is 23.8. The summed E-state index contributed by atoms with van der Waals surface area (Å²) in [6.07, 6.45) is 7.37. The highest BCUT2D eigenvalue weighted by molar-refractivity contribution is 8.14. The Balaban J connectivity index is 2.37. The number of hydrogen-bond acceptors (Lipinski definition) is 4. The van der Waals surface area contributed by atoms with Crippen LogP contribution in [-0.4, -0.2) is 28.6 Å². The standard InChI is InChI=1S/C18H27NO3S/c1-6-8-14(7-2)16(20)23-15-10-9-13(11-15)12-19-17(21)22-18(3,4)5/h6-8,13,15H,1-2,9-12H2,3-5H3,(H,19,21)/b14-8+. The van der Waals surface area contributed by atoms with Gasteiger partial charge in [0, 0.05) is 17.4 Å². The summed E-state index contributed by atoms with van der Waals surface area (Å²) < 4.78 is 5.22. The van der Waals surface area contributed by atoms with Crippen LogP contribution in [0.3, 0.4) is 0 Å². The minimum atomic E-state index is -0.483. The van der Waals surface area contributed by atoms with Crippen LogP contribution in [0.25, 0.3) is 0 Å². The van der Waals surface area contributed by atoms with Gasteiger partial charge in [-0.15, -0.1) is 0 Å². The number of nitrogens with one attached hydrogen (secondary N) is 1. The molecule has 0 heterocycles. The van der Waals surface area contributed by atoms with Gasteiger partial charge in [0.15, 0.2) is 0 Å². The minimum Gasteiger partial charge on any atom is -0.444 e. The van der Waals surface area contributed by atoms with Gasteiger partial charge in [0.05, 0.1) is 0 Å². The zero-order valence-electron chi connectivity index (χ0n) is 14.3. The lowest BCUT2D eigenvalue weighted by molar-refractivity contribution is -0.107. The quantitative estimate of drug-likeness (QED) is 0.582. The molecule has 23 heavy (non-hydrogen) atoms. The number of thioether (sulfide) groups is 1. The monoisotopic (exact) mass is 337 g/mol. The smallest absolute Gasteiger partial charge is 0.407 e. The zero-order chi connectivity index (χ0) is 17.5. The summed E-state index contributed by atoms with van der Waals surface area (Å²) in [5, 5.41) is 3.14. The first-order chi connectivity index (χ1) is 10.7. The summed E-state index contributed by atoms with van der Waals surface area (Å²) in [5.74, 6) is 0.392. The lowest BCUT2D eigenvalue weighted by atomic mass is 10.1. The lowest BCUT2D eigenvalue weighted by Crippen LogP contribution is -2.34. The highest BCUT2D eigenvalue weighted by atomic mass is 32.2. The van der Waals surface area contributed by atoms with E-state index in [1.54, 1.807) is 18.2 Å². The highest BCUT2D eigenvalue weighted by Crippen LogP contribution is 2.35. The van der Waals surface area contributed by atoms with E-state index in [4.69, 9.17) is 4.74 Å². The van der Waals surface area contributed by atoms with Crippen LogP contribution in [-0.2, 0) is 9.53 Å². The fraction of sp³-hybridized carbons (Fsp3) is 0.556. The number of allylic oxidation sites excluding steroid dienone is 3. The van der Waals surface area contributed by atoms with E-state index >= 15 is 0 Å². The van der Waals surface area contributed by atoms with Crippen LogP contribution in [0.1, 0.15) is 40.0 Å². The van der Waals surface area contributed by atoms with Gasteiger partial charge in [0.1, 0.15) is 5.60 Å². The Kier molecular flexibility index (Phi) is 7.62. The SMILES string of the molecule is C=C/C=C(\C=C)C(=O)SC1CCC(CNC(=O)OC(C)(C)C)C1. The molecule has 1 aliphatic rings. The van der Waals surface area contributed by atoms with Crippen molar-refractivity contribution >= 4 is 23.0 Å². The van der Waals surface area contributed by atoms with E-state index in [0.717, 1.165) is 19.3 Å². The van der Waals surface area contributed by atoms with E-state index in [-0.39, 0.29) is 11.2 Å². The van der Waals surface area contributed by atoms with Crippen LogP contribution in [0.2, 0.25) is 0 Å². The molecule has 1 N–H and O–H groups in total. The number of carbonyl (C=O) groups excluding carboxylic acids is 2. The van der Waals surface area contributed by atoms with Crippen LogP contribution in [0.15, 0.2) is 37.0 Å². The van der Waals surface area contributed by atoms with Gasteiger partial charge in [-0.3, -0.25) is 4.79 Å². The normalized spacial score (nSPS) is 21.6. The Hall–Kier alpha value is -1.49. The van der Waals surface area contributed by atoms with Gasteiger partial charge in [-0.1, -0.05) is 43.1 Å². The fourth-order valence-electron chi connectivity index (χ4n) is 2.43. The van der Waals surface area contributed by atoms with E-state index in [0.29, 0.717) is 23.3 Å². The maximum absolute atomic E-state index is 12.1. The molecule has 5 heteroatoms. The third kappa shape index (κ3) is 7.55. The Morgan fingerprint density at radius 2 is 2.00 bits per heavy atom. The molecule has 0 aromatic carbocycles. The second-order valence-electron chi connectivity index (χ2n) is 6.65. The first-order valence-corrected chi connectivity index (χ1v) is 8.76. The van der Waals surface area contributed by atoms with Gasteiger partial charge in [0.2, 0.25) is 5.12 Å². The first-order valence-electron chi connectivity index (χ1n) is 7.88. The minimum absolute atomic E-state index is 0.0330. The molecule has 0 saturated heterocycles. The largest absolute Gasteiger partial charge is 0.444 e. The average molecular weight is 337 g/mol. The number of alkyl carbamates (subject to hydrolysis) is 1. The van der Waals surface area contributed by atoms with Crippen molar-refractivity contribution in [2.45, 2.75) is 50.9 Å². The zero-order valence-corrected chi connectivity index (χ0v) is 15.1. The van der Waals surface area contributed by atoms with E-state index in [2.05, 4.69) is 18.5 Å². The van der Waals surface area contributed by atoms with Crippen LogP contribution >= 0.6 is 11.8 Å². The second-order valence-corrected chi connectivity index (χ2v) is 7.92. The Labute approximate surface area is 143 Å². The number of hydrogen-bond donors (Lipinski definition) is 1. The Morgan fingerprint density at radius 3 is 2.57 bits per heavy atom. The molecule has 128 valence electrons. The molecule has 2 unspecified atom stereocenters. The molecule has 0 radical (unpaired) electrons. The molecule has 1 rings (SSSR count). The van der Waals surface area contributed by atoms with Crippen molar-refractivity contribution in [3.05, 3.63) is 37.0 Å². The van der Waals surface area contributed by atoms with E-state index < -0.39 is 5.60 Å². The second kappa shape index (κ2) is 8.96. The summed E-state index contributed by atoms with van der Waals surface area (Å²) >= 11 is 1.36. The number of amides is 1. The summed E-state index contributed by atoms with van der Waals surface area (Å²) in [7, 11) is 0. The molecule has 0 spiro atoms. The predicted octanol–water partition coefficient (Wildman–Crippen LogP) is 4.24. The van der Waals surface area contributed by atoms with Gasteiger partial charge in [-0.2, -0.15) is 0 Å². The van der Waals surface area contributed by atoms with E-state index in [1.807, 2.05) is 20.8 Å². The maximum atomic E-state index is 12.1. The number of rotatable bonds is 6. The van der Waals surface area contributed by atoms with E-state index in [1.165, 1.54) is 11.8 Å². The number of ether oxygens (including phenoxy) is 1. The van der Waals surface area contributed by atoms with Gasteiger partial charge < -0.3 is 10.1 Å². The fourth-order valence-corrected chi connectivity index (χ4v) is 3.64. The molecule has 1 aliphatic carbocycles. The maximum Gasteiger partial charge on any atom is 0.407 e.